The van der Waals surface area contributed by atoms with E-state index in [1.165, 1.54) is 11.4 Å². The molecule has 68 valence electrons. The summed E-state index contributed by atoms with van der Waals surface area (Å²) in [5.74, 6) is 0. The lowest BCUT2D eigenvalue weighted by Gasteiger charge is -2.04. The van der Waals surface area contributed by atoms with E-state index in [4.69, 9.17) is 0 Å². The van der Waals surface area contributed by atoms with Gasteiger partial charge in [0.1, 0.15) is 0 Å². The molecule has 2 aromatic heterocycles. The molecule has 0 N–H and O–H groups in total. The zero-order valence-electron chi connectivity index (χ0n) is 8.15. The number of hydrogen-bond acceptors (Lipinski definition) is 1. The summed E-state index contributed by atoms with van der Waals surface area (Å²) in [7, 11) is 1.93. The fourth-order valence-electron chi connectivity index (χ4n) is 1.60. The average Bonchev–Trinajstić information content (AvgIpc) is 2.60. The lowest BCUT2D eigenvalue weighted by Crippen LogP contribution is -1.96. The van der Waals surface area contributed by atoms with E-state index in [1.54, 1.807) is 0 Å². The minimum atomic E-state index is 1.13. The highest BCUT2D eigenvalue weighted by atomic mass is 15.3. The third kappa shape index (κ3) is 1.26. The second kappa shape index (κ2) is 2.76. The summed E-state index contributed by atoms with van der Waals surface area (Å²) < 4.78 is 4.00. The van der Waals surface area contributed by atoms with Gasteiger partial charge < -0.3 is 4.57 Å². The second-order valence-corrected chi connectivity index (χ2v) is 3.32. The van der Waals surface area contributed by atoms with Gasteiger partial charge >= 0.3 is 0 Å². The van der Waals surface area contributed by atoms with Crippen LogP contribution in [0.5, 0.6) is 0 Å². The maximum Gasteiger partial charge on any atom is 0.0837 e. The van der Waals surface area contributed by atoms with Crippen LogP contribution < -0.4 is 0 Å². The Morgan fingerprint density at radius 1 is 1.15 bits per heavy atom. The van der Waals surface area contributed by atoms with Crippen LogP contribution in [0.15, 0.2) is 24.5 Å². The van der Waals surface area contributed by atoms with Crippen molar-refractivity contribution in [3.8, 4) is 5.69 Å². The van der Waals surface area contributed by atoms with Crippen LogP contribution in [0.2, 0.25) is 0 Å². The molecule has 0 aliphatic rings. The molecule has 0 aliphatic heterocycles. The van der Waals surface area contributed by atoms with Crippen LogP contribution in [-0.4, -0.2) is 14.3 Å². The van der Waals surface area contributed by atoms with Gasteiger partial charge in [0.05, 0.1) is 11.9 Å². The standard InChI is InChI=1S/C10H13N3/c1-8-4-5-9(2)13(8)10-6-11-12(3)7-10/h4-7H,1-3H3. The van der Waals surface area contributed by atoms with E-state index < -0.39 is 0 Å². The Balaban J connectivity index is 2.57. The SMILES string of the molecule is Cc1ccc(C)n1-c1cnn(C)c1. The highest BCUT2D eigenvalue weighted by Gasteiger charge is 2.04. The second-order valence-electron chi connectivity index (χ2n) is 3.32. The molecule has 3 heteroatoms. The monoisotopic (exact) mass is 175 g/mol. The van der Waals surface area contributed by atoms with E-state index in [9.17, 15) is 0 Å². The van der Waals surface area contributed by atoms with Crippen molar-refractivity contribution in [3.05, 3.63) is 35.9 Å². The van der Waals surface area contributed by atoms with E-state index in [0.29, 0.717) is 0 Å². The fraction of sp³-hybridized carbons (Fsp3) is 0.300. The first kappa shape index (κ1) is 8.10. The maximum absolute atomic E-state index is 4.15. The first-order chi connectivity index (χ1) is 6.18. The largest absolute Gasteiger partial charge is 0.316 e. The molecule has 0 saturated carbocycles. The summed E-state index contributed by atoms with van der Waals surface area (Å²) in [5.41, 5.74) is 3.61. The molecule has 2 heterocycles. The van der Waals surface area contributed by atoms with Crippen LogP contribution >= 0.6 is 0 Å². The predicted molar refractivity (Wildman–Crippen MR) is 52.0 cm³/mol. The minimum absolute atomic E-state index is 1.13. The summed E-state index contributed by atoms with van der Waals surface area (Å²) >= 11 is 0. The maximum atomic E-state index is 4.15. The molecule has 3 nitrogen and oxygen atoms in total. The molecule has 0 fully saturated rings. The summed E-state index contributed by atoms with van der Waals surface area (Å²) in [6.07, 6.45) is 3.89. The Morgan fingerprint density at radius 3 is 2.23 bits per heavy atom. The molecule has 0 radical (unpaired) electrons. The van der Waals surface area contributed by atoms with Gasteiger partial charge in [-0.05, 0) is 26.0 Å². The van der Waals surface area contributed by atoms with Crippen LogP contribution in [0.1, 0.15) is 11.4 Å². The van der Waals surface area contributed by atoms with Gasteiger partial charge in [0.25, 0.3) is 0 Å². The Kier molecular flexibility index (Phi) is 1.72. The Bertz CT molecular complexity index is 404. The van der Waals surface area contributed by atoms with Gasteiger partial charge in [0.15, 0.2) is 0 Å². The molecule has 2 aromatic rings. The van der Waals surface area contributed by atoms with Gasteiger partial charge in [-0.3, -0.25) is 4.68 Å². The number of aromatic nitrogens is 3. The molecule has 0 amide bonds. The van der Waals surface area contributed by atoms with Crippen LogP contribution in [0.25, 0.3) is 5.69 Å². The van der Waals surface area contributed by atoms with Crippen molar-refractivity contribution in [2.45, 2.75) is 13.8 Å². The fourth-order valence-corrected chi connectivity index (χ4v) is 1.60. The molecule has 0 bridgehead atoms. The van der Waals surface area contributed by atoms with Crippen molar-refractivity contribution in [1.29, 1.82) is 0 Å². The zero-order valence-corrected chi connectivity index (χ0v) is 8.15. The molecule has 0 spiro atoms. The van der Waals surface area contributed by atoms with E-state index in [2.05, 4.69) is 35.6 Å². The highest BCUT2D eigenvalue weighted by molar-refractivity contribution is 5.33. The topological polar surface area (TPSA) is 22.8 Å². The Labute approximate surface area is 77.6 Å². The molecule has 13 heavy (non-hydrogen) atoms. The van der Waals surface area contributed by atoms with Gasteiger partial charge in [-0.2, -0.15) is 5.10 Å². The first-order valence-corrected chi connectivity index (χ1v) is 4.32. The highest BCUT2D eigenvalue weighted by Crippen LogP contribution is 2.14. The Morgan fingerprint density at radius 2 is 1.77 bits per heavy atom. The minimum Gasteiger partial charge on any atom is -0.316 e. The third-order valence-electron chi connectivity index (χ3n) is 2.22. The summed E-state index contributed by atoms with van der Waals surface area (Å²) in [6, 6.07) is 4.23. The van der Waals surface area contributed by atoms with Crippen molar-refractivity contribution >= 4 is 0 Å². The molecule has 2 rings (SSSR count). The van der Waals surface area contributed by atoms with E-state index in [1.807, 2.05) is 24.1 Å². The van der Waals surface area contributed by atoms with Gasteiger partial charge in [-0.25, -0.2) is 0 Å². The van der Waals surface area contributed by atoms with Crippen molar-refractivity contribution in [3.63, 3.8) is 0 Å². The van der Waals surface area contributed by atoms with Crippen LogP contribution in [0.3, 0.4) is 0 Å². The number of rotatable bonds is 1. The van der Waals surface area contributed by atoms with Gasteiger partial charge in [0.2, 0.25) is 0 Å². The van der Waals surface area contributed by atoms with Gasteiger partial charge in [0, 0.05) is 24.6 Å². The van der Waals surface area contributed by atoms with Crippen molar-refractivity contribution < 1.29 is 0 Å². The third-order valence-corrected chi connectivity index (χ3v) is 2.22. The van der Waals surface area contributed by atoms with E-state index >= 15 is 0 Å². The first-order valence-electron chi connectivity index (χ1n) is 4.32. The van der Waals surface area contributed by atoms with Crippen LogP contribution in [0, 0.1) is 13.8 Å². The van der Waals surface area contributed by atoms with E-state index in [0.717, 1.165) is 5.69 Å². The lowest BCUT2D eigenvalue weighted by atomic mass is 10.4. The molecule has 0 unspecified atom stereocenters. The van der Waals surface area contributed by atoms with Crippen LogP contribution in [-0.2, 0) is 7.05 Å². The number of aryl methyl sites for hydroxylation is 3. The molecular formula is C10H13N3. The zero-order chi connectivity index (χ0) is 9.42. The summed E-state index contributed by atoms with van der Waals surface area (Å²) in [4.78, 5) is 0. The van der Waals surface area contributed by atoms with E-state index in [-0.39, 0.29) is 0 Å². The van der Waals surface area contributed by atoms with Crippen molar-refractivity contribution in [1.82, 2.24) is 14.3 Å². The molecule has 0 aromatic carbocycles. The molecule has 0 aliphatic carbocycles. The van der Waals surface area contributed by atoms with Crippen LogP contribution in [0.4, 0.5) is 0 Å². The molecule has 0 saturated heterocycles. The predicted octanol–water partition coefficient (Wildman–Crippen LogP) is 1.83. The lowest BCUT2D eigenvalue weighted by molar-refractivity contribution is 0.767. The Hall–Kier alpha value is -1.51. The van der Waals surface area contributed by atoms with Crippen molar-refractivity contribution in [2.24, 2.45) is 7.05 Å². The van der Waals surface area contributed by atoms with Gasteiger partial charge in [-0.15, -0.1) is 0 Å². The smallest absolute Gasteiger partial charge is 0.0837 e. The molecule has 0 atom stereocenters. The summed E-state index contributed by atoms with van der Waals surface area (Å²) in [6.45, 7) is 4.19. The number of nitrogens with zero attached hydrogens (tertiary/aromatic N) is 3. The normalized spacial score (nSPS) is 10.7. The molecular weight excluding hydrogens is 162 g/mol. The number of hydrogen-bond donors (Lipinski definition) is 0. The summed E-state index contributed by atoms with van der Waals surface area (Å²) in [5, 5.41) is 4.15. The van der Waals surface area contributed by atoms with Crippen molar-refractivity contribution in [2.75, 3.05) is 0 Å². The quantitative estimate of drug-likeness (QED) is 0.648. The van der Waals surface area contributed by atoms with Gasteiger partial charge in [-0.1, -0.05) is 0 Å². The average molecular weight is 175 g/mol.